The van der Waals surface area contributed by atoms with Gasteiger partial charge in [-0.3, -0.25) is 0 Å². The molecule has 0 aliphatic carbocycles. The van der Waals surface area contributed by atoms with Gasteiger partial charge in [-0.1, -0.05) is 11.6 Å². The van der Waals surface area contributed by atoms with Crippen molar-refractivity contribution in [3.63, 3.8) is 0 Å². The summed E-state index contributed by atoms with van der Waals surface area (Å²) in [5, 5.41) is 3.04. The number of rotatable bonds is 0. The van der Waals surface area contributed by atoms with Crippen molar-refractivity contribution < 1.29 is 13.2 Å². The number of fused-ring (bicyclic) bond motifs is 1. The van der Waals surface area contributed by atoms with E-state index >= 15 is 0 Å². The standard InChI is InChI=1S/C10H9ClF3N/c11-7-2-3-8-6(5-7)1-4-9(15-8)10(12,13)14/h2-3,5,9,15H,1,4H2. The number of anilines is 1. The van der Waals surface area contributed by atoms with Crippen LogP contribution in [-0.2, 0) is 6.42 Å². The molecule has 15 heavy (non-hydrogen) atoms. The molecule has 1 N–H and O–H groups in total. The van der Waals surface area contributed by atoms with Gasteiger partial charge in [-0.15, -0.1) is 0 Å². The van der Waals surface area contributed by atoms with Crippen LogP contribution in [0.25, 0.3) is 0 Å². The van der Waals surface area contributed by atoms with Gasteiger partial charge in [0, 0.05) is 10.7 Å². The van der Waals surface area contributed by atoms with E-state index in [1.54, 1.807) is 18.2 Å². The number of hydrogen-bond donors (Lipinski definition) is 1. The van der Waals surface area contributed by atoms with Crippen LogP contribution < -0.4 is 5.32 Å². The first-order chi connectivity index (χ1) is 6.97. The summed E-state index contributed by atoms with van der Waals surface area (Å²) in [6.07, 6.45) is -3.71. The second-order valence-corrected chi connectivity index (χ2v) is 4.02. The zero-order valence-electron chi connectivity index (χ0n) is 7.74. The van der Waals surface area contributed by atoms with Gasteiger partial charge >= 0.3 is 6.18 Å². The lowest BCUT2D eigenvalue weighted by atomic mass is 9.98. The topological polar surface area (TPSA) is 12.0 Å². The summed E-state index contributed by atoms with van der Waals surface area (Å²) >= 11 is 5.75. The fraction of sp³-hybridized carbons (Fsp3) is 0.400. The highest BCUT2D eigenvalue weighted by Gasteiger charge is 2.41. The lowest BCUT2D eigenvalue weighted by molar-refractivity contribution is -0.144. The zero-order chi connectivity index (χ0) is 11.1. The molecule has 1 aliphatic heterocycles. The maximum absolute atomic E-state index is 12.4. The van der Waals surface area contributed by atoms with Crippen molar-refractivity contribution in [3.8, 4) is 0 Å². The Hall–Kier alpha value is -0.900. The lowest BCUT2D eigenvalue weighted by Gasteiger charge is -2.28. The molecule has 0 radical (unpaired) electrons. The summed E-state index contributed by atoms with van der Waals surface area (Å²) in [4.78, 5) is 0. The molecule has 1 heterocycles. The Kier molecular flexibility index (Phi) is 2.54. The minimum Gasteiger partial charge on any atom is -0.374 e. The molecule has 0 bridgehead atoms. The van der Waals surface area contributed by atoms with Crippen LogP contribution >= 0.6 is 11.6 Å². The fourth-order valence-corrected chi connectivity index (χ4v) is 1.91. The van der Waals surface area contributed by atoms with Gasteiger partial charge in [0.15, 0.2) is 0 Å². The van der Waals surface area contributed by atoms with Gasteiger partial charge in [0.2, 0.25) is 0 Å². The van der Waals surface area contributed by atoms with Crippen LogP contribution in [0.4, 0.5) is 18.9 Å². The summed E-state index contributed by atoms with van der Waals surface area (Å²) in [7, 11) is 0. The largest absolute Gasteiger partial charge is 0.408 e. The van der Waals surface area contributed by atoms with Crippen LogP contribution in [0.1, 0.15) is 12.0 Å². The molecule has 0 spiro atoms. The molecule has 5 heteroatoms. The summed E-state index contributed by atoms with van der Waals surface area (Å²) < 4.78 is 37.3. The maximum Gasteiger partial charge on any atom is 0.408 e. The molecule has 2 rings (SSSR count). The van der Waals surface area contributed by atoms with E-state index in [-0.39, 0.29) is 6.42 Å². The molecule has 0 saturated heterocycles. The minimum absolute atomic E-state index is 0.0663. The molecular weight excluding hydrogens is 227 g/mol. The van der Waals surface area contributed by atoms with Crippen LogP contribution in [0.5, 0.6) is 0 Å². The summed E-state index contributed by atoms with van der Waals surface area (Å²) in [5.41, 5.74) is 1.39. The molecule has 1 nitrogen and oxygen atoms in total. The van der Waals surface area contributed by atoms with E-state index in [0.29, 0.717) is 17.1 Å². The molecule has 1 aromatic carbocycles. The SMILES string of the molecule is FC(F)(F)C1CCc2cc(Cl)ccc2N1. The number of benzene rings is 1. The Labute approximate surface area is 90.2 Å². The van der Waals surface area contributed by atoms with Crippen LogP contribution in [0, 0.1) is 0 Å². The Balaban J connectivity index is 2.24. The second-order valence-electron chi connectivity index (χ2n) is 3.58. The van der Waals surface area contributed by atoms with E-state index in [4.69, 9.17) is 11.6 Å². The predicted molar refractivity (Wildman–Crippen MR) is 53.2 cm³/mol. The number of alkyl halides is 3. The molecular formula is C10H9ClF3N. The van der Waals surface area contributed by atoms with Gasteiger partial charge in [0.1, 0.15) is 6.04 Å². The summed E-state index contributed by atoms with van der Waals surface area (Å²) in [6.45, 7) is 0. The quantitative estimate of drug-likeness (QED) is 0.724. The van der Waals surface area contributed by atoms with Crippen LogP contribution in [0.15, 0.2) is 18.2 Å². The lowest BCUT2D eigenvalue weighted by Crippen LogP contribution is -2.39. The highest BCUT2D eigenvalue weighted by Crippen LogP contribution is 2.33. The van der Waals surface area contributed by atoms with Crippen LogP contribution in [0.3, 0.4) is 0 Å². The molecule has 1 aromatic rings. The van der Waals surface area contributed by atoms with E-state index < -0.39 is 12.2 Å². The Morgan fingerprint density at radius 2 is 2.07 bits per heavy atom. The van der Waals surface area contributed by atoms with Crippen molar-refractivity contribution in [2.24, 2.45) is 0 Å². The van der Waals surface area contributed by atoms with Crippen molar-refractivity contribution in [1.82, 2.24) is 0 Å². The Bertz CT molecular complexity index is 375. The molecule has 82 valence electrons. The minimum atomic E-state index is -4.18. The second kappa shape index (κ2) is 3.59. The molecule has 1 aliphatic rings. The number of hydrogen-bond acceptors (Lipinski definition) is 1. The van der Waals surface area contributed by atoms with Gasteiger partial charge in [0.05, 0.1) is 0 Å². The van der Waals surface area contributed by atoms with E-state index in [1.807, 2.05) is 0 Å². The van der Waals surface area contributed by atoms with Gasteiger partial charge in [-0.05, 0) is 36.6 Å². The zero-order valence-corrected chi connectivity index (χ0v) is 8.49. The van der Waals surface area contributed by atoms with Gasteiger partial charge in [0.25, 0.3) is 0 Å². The van der Waals surface area contributed by atoms with E-state index in [2.05, 4.69) is 5.32 Å². The number of aryl methyl sites for hydroxylation is 1. The fourth-order valence-electron chi connectivity index (χ4n) is 1.72. The summed E-state index contributed by atoms with van der Waals surface area (Å²) in [5.74, 6) is 0. The van der Waals surface area contributed by atoms with E-state index in [0.717, 1.165) is 5.56 Å². The third-order valence-electron chi connectivity index (χ3n) is 2.49. The monoisotopic (exact) mass is 235 g/mol. The van der Waals surface area contributed by atoms with Crippen molar-refractivity contribution in [2.45, 2.75) is 25.1 Å². The average Bonchev–Trinajstić information content (AvgIpc) is 2.15. The van der Waals surface area contributed by atoms with Crippen molar-refractivity contribution >= 4 is 17.3 Å². The van der Waals surface area contributed by atoms with Crippen molar-refractivity contribution in [2.75, 3.05) is 5.32 Å². The number of nitrogens with one attached hydrogen (secondary N) is 1. The molecule has 0 amide bonds. The van der Waals surface area contributed by atoms with Gasteiger partial charge in [-0.25, -0.2) is 0 Å². The first-order valence-corrected chi connectivity index (χ1v) is 4.96. The molecule has 1 atom stereocenters. The van der Waals surface area contributed by atoms with Gasteiger partial charge < -0.3 is 5.32 Å². The highest BCUT2D eigenvalue weighted by molar-refractivity contribution is 6.30. The average molecular weight is 236 g/mol. The normalized spacial score (nSPS) is 20.7. The van der Waals surface area contributed by atoms with Crippen molar-refractivity contribution in [3.05, 3.63) is 28.8 Å². The molecule has 0 saturated carbocycles. The highest BCUT2D eigenvalue weighted by atomic mass is 35.5. The Morgan fingerprint density at radius 3 is 2.73 bits per heavy atom. The van der Waals surface area contributed by atoms with E-state index in [9.17, 15) is 13.2 Å². The summed E-state index contributed by atoms with van der Waals surface area (Å²) in [6, 6.07) is 3.45. The predicted octanol–water partition coefficient (Wildman–Crippen LogP) is 3.63. The first-order valence-electron chi connectivity index (χ1n) is 4.58. The third-order valence-corrected chi connectivity index (χ3v) is 2.73. The van der Waals surface area contributed by atoms with E-state index in [1.165, 1.54) is 0 Å². The van der Waals surface area contributed by atoms with Crippen LogP contribution in [0.2, 0.25) is 5.02 Å². The third kappa shape index (κ3) is 2.20. The smallest absolute Gasteiger partial charge is 0.374 e. The maximum atomic E-state index is 12.4. The number of halogens is 4. The van der Waals surface area contributed by atoms with Crippen LogP contribution in [-0.4, -0.2) is 12.2 Å². The van der Waals surface area contributed by atoms with Crippen molar-refractivity contribution in [1.29, 1.82) is 0 Å². The molecule has 0 aromatic heterocycles. The molecule has 1 unspecified atom stereocenters. The van der Waals surface area contributed by atoms with Gasteiger partial charge in [-0.2, -0.15) is 13.2 Å². The molecule has 0 fully saturated rings. The Morgan fingerprint density at radius 1 is 1.33 bits per heavy atom. The first kappa shape index (κ1) is 10.6.